The molecule has 17 heavy (non-hydrogen) atoms. The number of carbonyl (C=O) groups is 1. The SMILES string of the molecule is Cc1cnc(N2CCC(C)(C(N)=O)C2)c(Br)c1. The Morgan fingerprint density at radius 3 is 2.88 bits per heavy atom. The van der Waals surface area contributed by atoms with Crippen LogP contribution in [0.4, 0.5) is 5.82 Å². The lowest BCUT2D eigenvalue weighted by molar-refractivity contribution is -0.125. The Morgan fingerprint density at radius 2 is 2.35 bits per heavy atom. The smallest absolute Gasteiger partial charge is 0.225 e. The molecule has 1 atom stereocenters. The highest BCUT2D eigenvalue weighted by Crippen LogP contribution is 2.35. The predicted molar refractivity (Wildman–Crippen MR) is 70.8 cm³/mol. The van der Waals surface area contributed by atoms with Crippen LogP contribution in [-0.4, -0.2) is 24.0 Å². The van der Waals surface area contributed by atoms with Crippen molar-refractivity contribution in [3.63, 3.8) is 0 Å². The molecule has 0 bridgehead atoms. The summed E-state index contributed by atoms with van der Waals surface area (Å²) in [5.74, 6) is 0.656. The number of hydrogen-bond acceptors (Lipinski definition) is 3. The molecule has 1 aliphatic rings. The highest BCUT2D eigenvalue weighted by molar-refractivity contribution is 9.10. The Balaban J connectivity index is 2.24. The van der Waals surface area contributed by atoms with E-state index in [1.807, 2.05) is 26.1 Å². The maximum absolute atomic E-state index is 11.4. The van der Waals surface area contributed by atoms with Crippen molar-refractivity contribution in [2.24, 2.45) is 11.1 Å². The van der Waals surface area contributed by atoms with Crippen LogP contribution in [0, 0.1) is 12.3 Å². The van der Waals surface area contributed by atoms with Gasteiger partial charge in [-0.05, 0) is 47.8 Å². The predicted octanol–water partition coefficient (Wildman–Crippen LogP) is 1.85. The van der Waals surface area contributed by atoms with Crippen LogP contribution < -0.4 is 10.6 Å². The Bertz CT molecular complexity index is 463. The van der Waals surface area contributed by atoms with Crippen molar-refractivity contribution in [3.05, 3.63) is 22.3 Å². The summed E-state index contributed by atoms with van der Waals surface area (Å²) in [5.41, 5.74) is 6.11. The van der Waals surface area contributed by atoms with Gasteiger partial charge in [0.15, 0.2) is 0 Å². The molecule has 0 saturated carbocycles. The fourth-order valence-corrected chi connectivity index (χ4v) is 2.82. The normalized spacial score (nSPS) is 24.1. The van der Waals surface area contributed by atoms with E-state index in [9.17, 15) is 4.79 Å². The van der Waals surface area contributed by atoms with Gasteiger partial charge in [0.25, 0.3) is 0 Å². The number of rotatable bonds is 2. The zero-order chi connectivity index (χ0) is 12.6. The molecule has 0 spiro atoms. The largest absolute Gasteiger partial charge is 0.369 e. The Morgan fingerprint density at radius 1 is 1.65 bits per heavy atom. The molecule has 0 radical (unpaired) electrons. The fourth-order valence-electron chi connectivity index (χ4n) is 2.10. The van der Waals surface area contributed by atoms with Crippen molar-refractivity contribution >= 4 is 27.7 Å². The zero-order valence-corrected chi connectivity index (χ0v) is 11.6. The monoisotopic (exact) mass is 297 g/mol. The van der Waals surface area contributed by atoms with E-state index in [0.717, 1.165) is 28.8 Å². The number of nitrogens with two attached hydrogens (primary N) is 1. The number of halogens is 1. The van der Waals surface area contributed by atoms with Gasteiger partial charge < -0.3 is 10.6 Å². The van der Waals surface area contributed by atoms with Crippen LogP contribution in [-0.2, 0) is 4.79 Å². The van der Waals surface area contributed by atoms with Gasteiger partial charge in [-0.15, -0.1) is 0 Å². The molecule has 1 unspecified atom stereocenters. The molecular weight excluding hydrogens is 282 g/mol. The number of primary amides is 1. The molecule has 2 heterocycles. The van der Waals surface area contributed by atoms with E-state index in [2.05, 4.69) is 25.8 Å². The van der Waals surface area contributed by atoms with E-state index in [1.54, 1.807) is 0 Å². The maximum Gasteiger partial charge on any atom is 0.225 e. The average Bonchev–Trinajstić information content (AvgIpc) is 2.62. The van der Waals surface area contributed by atoms with Crippen LogP contribution in [0.3, 0.4) is 0 Å². The summed E-state index contributed by atoms with van der Waals surface area (Å²) in [6, 6.07) is 2.03. The molecule has 5 heteroatoms. The van der Waals surface area contributed by atoms with Crippen molar-refractivity contribution in [1.29, 1.82) is 0 Å². The molecule has 0 aliphatic carbocycles. The van der Waals surface area contributed by atoms with E-state index >= 15 is 0 Å². The first-order chi connectivity index (χ1) is 7.92. The lowest BCUT2D eigenvalue weighted by atomic mass is 9.89. The van der Waals surface area contributed by atoms with Gasteiger partial charge in [-0.1, -0.05) is 0 Å². The van der Waals surface area contributed by atoms with Gasteiger partial charge in [-0.3, -0.25) is 4.79 Å². The second-order valence-corrected chi connectivity index (χ2v) is 5.77. The zero-order valence-electron chi connectivity index (χ0n) is 10.0. The van der Waals surface area contributed by atoms with E-state index < -0.39 is 5.41 Å². The summed E-state index contributed by atoms with van der Waals surface area (Å²) in [6.07, 6.45) is 2.62. The maximum atomic E-state index is 11.4. The molecule has 1 aromatic heterocycles. The van der Waals surface area contributed by atoms with Crippen molar-refractivity contribution in [2.75, 3.05) is 18.0 Å². The molecule has 1 amide bonds. The van der Waals surface area contributed by atoms with Crippen molar-refractivity contribution in [2.45, 2.75) is 20.3 Å². The minimum absolute atomic E-state index is 0.233. The number of pyridine rings is 1. The average molecular weight is 298 g/mol. The third-order valence-electron chi connectivity index (χ3n) is 3.33. The Kier molecular flexibility index (Phi) is 3.12. The molecule has 92 valence electrons. The molecule has 1 aliphatic heterocycles. The third-order valence-corrected chi connectivity index (χ3v) is 3.91. The van der Waals surface area contributed by atoms with Gasteiger partial charge in [-0.2, -0.15) is 0 Å². The minimum atomic E-state index is -0.438. The van der Waals surface area contributed by atoms with Gasteiger partial charge in [0.1, 0.15) is 5.82 Å². The summed E-state index contributed by atoms with van der Waals surface area (Å²) < 4.78 is 0.964. The molecule has 0 aromatic carbocycles. The Hall–Kier alpha value is -1.10. The lowest BCUT2D eigenvalue weighted by Crippen LogP contribution is -2.37. The van der Waals surface area contributed by atoms with Crippen LogP contribution >= 0.6 is 15.9 Å². The van der Waals surface area contributed by atoms with Gasteiger partial charge in [0.05, 0.1) is 9.89 Å². The van der Waals surface area contributed by atoms with Gasteiger partial charge >= 0.3 is 0 Å². The number of amides is 1. The third kappa shape index (κ3) is 2.29. The standard InChI is InChI=1S/C12H16BrN3O/c1-8-5-9(13)10(15-6-8)16-4-3-12(2,7-16)11(14)17/h5-6H,3-4,7H2,1-2H3,(H2,14,17). The van der Waals surface area contributed by atoms with Crippen LogP contribution in [0.25, 0.3) is 0 Å². The van der Waals surface area contributed by atoms with Crippen LogP contribution in [0.15, 0.2) is 16.7 Å². The van der Waals surface area contributed by atoms with Crippen LogP contribution in [0.1, 0.15) is 18.9 Å². The molecule has 1 aromatic rings. The quantitative estimate of drug-likeness (QED) is 0.906. The second kappa shape index (κ2) is 4.29. The highest BCUT2D eigenvalue weighted by Gasteiger charge is 2.39. The molecule has 4 nitrogen and oxygen atoms in total. The van der Waals surface area contributed by atoms with Crippen molar-refractivity contribution < 1.29 is 4.79 Å². The van der Waals surface area contributed by atoms with E-state index in [-0.39, 0.29) is 5.91 Å². The number of nitrogens with zero attached hydrogens (tertiary/aromatic N) is 2. The van der Waals surface area contributed by atoms with Crippen molar-refractivity contribution in [3.8, 4) is 0 Å². The van der Waals surface area contributed by atoms with Crippen LogP contribution in [0.5, 0.6) is 0 Å². The van der Waals surface area contributed by atoms with Gasteiger partial charge in [0.2, 0.25) is 5.91 Å². The van der Waals surface area contributed by atoms with E-state index in [1.165, 1.54) is 0 Å². The number of aryl methyl sites for hydroxylation is 1. The number of carbonyl (C=O) groups excluding carboxylic acids is 1. The van der Waals surface area contributed by atoms with Gasteiger partial charge in [0, 0.05) is 19.3 Å². The van der Waals surface area contributed by atoms with Crippen molar-refractivity contribution in [1.82, 2.24) is 4.98 Å². The van der Waals surface area contributed by atoms with E-state index in [4.69, 9.17) is 5.73 Å². The lowest BCUT2D eigenvalue weighted by Gasteiger charge is -2.22. The molecule has 1 saturated heterocycles. The van der Waals surface area contributed by atoms with E-state index in [0.29, 0.717) is 6.54 Å². The molecule has 2 rings (SSSR count). The van der Waals surface area contributed by atoms with Gasteiger partial charge in [-0.25, -0.2) is 4.98 Å². The Labute approximate surface area is 109 Å². The highest BCUT2D eigenvalue weighted by atomic mass is 79.9. The summed E-state index contributed by atoms with van der Waals surface area (Å²) >= 11 is 3.51. The summed E-state index contributed by atoms with van der Waals surface area (Å²) in [6.45, 7) is 5.36. The first-order valence-electron chi connectivity index (χ1n) is 5.59. The fraction of sp³-hybridized carbons (Fsp3) is 0.500. The van der Waals surface area contributed by atoms with Crippen LogP contribution in [0.2, 0.25) is 0 Å². The number of anilines is 1. The minimum Gasteiger partial charge on any atom is -0.369 e. The number of hydrogen-bond donors (Lipinski definition) is 1. The number of aromatic nitrogens is 1. The summed E-state index contributed by atoms with van der Waals surface area (Å²) in [4.78, 5) is 17.9. The first kappa shape index (κ1) is 12.4. The topological polar surface area (TPSA) is 59.2 Å². The molecular formula is C12H16BrN3O. The second-order valence-electron chi connectivity index (χ2n) is 4.91. The first-order valence-corrected chi connectivity index (χ1v) is 6.39. The molecule has 2 N–H and O–H groups in total. The summed E-state index contributed by atoms with van der Waals surface area (Å²) in [5, 5.41) is 0. The summed E-state index contributed by atoms with van der Waals surface area (Å²) in [7, 11) is 0. The molecule has 1 fully saturated rings.